The monoisotopic (exact) mass is 793 g/mol. The predicted molar refractivity (Wildman–Crippen MR) is 208 cm³/mol. The van der Waals surface area contributed by atoms with Crippen molar-refractivity contribution in [3.8, 4) is 0 Å². The van der Waals surface area contributed by atoms with Crippen LogP contribution in [0.5, 0.6) is 0 Å². The topological polar surface area (TPSA) is 120 Å². The van der Waals surface area contributed by atoms with Gasteiger partial charge in [-0.15, -0.1) is 0 Å². The van der Waals surface area contributed by atoms with Crippen molar-refractivity contribution in [3.05, 3.63) is 91.0 Å². The Kier molecular flexibility index (Phi) is 11.8. The number of aromatic nitrogens is 2. The van der Waals surface area contributed by atoms with Gasteiger partial charge in [-0.2, -0.15) is 4.31 Å². The summed E-state index contributed by atoms with van der Waals surface area (Å²) in [6.07, 6.45) is 10.8. The van der Waals surface area contributed by atoms with Crippen molar-refractivity contribution < 1.29 is 31.5 Å². The number of nitrogens with zero attached hydrogens (tertiary/aromatic N) is 6. The van der Waals surface area contributed by atoms with Crippen LogP contribution in [0.4, 0.5) is 19.3 Å². The van der Waals surface area contributed by atoms with Crippen molar-refractivity contribution >= 4 is 27.7 Å². The number of carbonyl (C=O) groups excluding carboxylic acids is 2. The molecule has 1 saturated carbocycles. The van der Waals surface area contributed by atoms with E-state index < -0.39 is 33.4 Å². The summed E-state index contributed by atoms with van der Waals surface area (Å²) in [7, 11) is -2.58. The highest BCUT2D eigenvalue weighted by molar-refractivity contribution is 7.89. The number of likely N-dealkylation sites (tertiary alicyclic amines) is 1. The second-order valence-electron chi connectivity index (χ2n) is 16.0. The molecule has 4 heterocycles. The average Bonchev–Trinajstić information content (AvgIpc) is 3.87. The SMILES string of the molecule is C=CC(=O)N1CCN(S(=O)(=O)c2ccc(N3CC(CN4CCC([C@@](Cn5ccnc5)(c5cccc(F)c5)[C@H]5CCC[C@@H]5NC(=O)OC)CC4)C3)c(F)c2)[C@@H](C)C1. The second-order valence-corrected chi connectivity index (χ2v) is 17.9. The number of amides is 2. The lowest BCUT2D eigenvalue weighted by molar-refractivity contribution is -0.127. The number of piperazine rings is 1. The Morgan fingerprint density at radius 1 is 1.04 bits per heavy atom. The number of hydrogen-bond acceptors (Lipinski definition) is 8. The Balaban J connectivity index is 1.01. The maximum Gasteiger partial charge on any atom is 0.407 e. The second kappa shape index (κ2) is 16.6. The van der Waals surface area contributed by atoms with E-state index in [1.165, 1.54) is 29.6 Å². The summed E-state index contributed by atoms with van der Waals surface area (Å²) in [6, 6.07) is 10.6. The third kappa shape index (κ3) is 7.94. The number of imidazole rings is 1. The largest absolute Gasteiger partial charge is 0.453 e. The molecule has 3 aromatic rings. The first-order valence-corrected chi connectivity index (χ1v) is 21.1. The lowest BCUT2D eigenvalue weighted by atomic mass is 9.58. The maximum atomic E-state index is 15.6. The van der Waals surface area contributed by atoms with Gasteiger partial charge in [0.2, 0.25) is 15.9 Å². The molecule has 1 aliphatic carbocycles. The number of rotatable bonds is 12. The van der Waals surface area contributed by atoms with Gasteiger partial charge in [0, 0.05) is 81.6 Å². The number of ether oxygens (including phenoxy) is 1. The lowest BCUT2D eigenvalue weighted by Crippen LogP contribution is -2.56. The molecular formula is C41H53F2N7O5S. The quantitative estimate of drug-likeness (QED) is 0.258. The average molecular weight is 794 g/mol. The standard InChI is InChI=1S/C41H53F2N7O5S/c1-4-39(51)48-19-20-50(29(2)23-48)56(53,54)34-11-12-38(36(43)22-34)49-25-30(26-49)24-46-16-13-31(14-17-46)41(27-47-18-15-44-28-47,32-7-5-8-33(42)21-32)35-9-6-10-37(35)45-40(52)55-3/h4-5,7-8,11-12,15,18,21-22,28-31,35,37H,1,6,9-10,13-14,16-17,19-20,23-27H2,2-3H3,(H,45,52)/t29-,35-,37-,41-/m0/s1. The van der Waals surface area contributed by atoms with Gasteiger partial charge in [-0.1, -0.05) is 25.1 Å². The first kappa shape index (κ1) is 39.9. The van der Waals surface area contributed by atoms with Crippen molar-refractivity contribution in [1.29, 1.82) is 0 Å². The predicted octanol–water partition coefficient (Wildman–Crippen LogP) is 4.88. The number of piperidine rings is 1. The molecule has 4 atom stereocenters. The van der Waals surface area contributed by atoms with Crippen molar-refractivity contribution in [1.82, 2.24) is 29.0 Å². The zero-order chi connectivity index (χ0) is 39.6. The molecule has 2 aromatic carbocycles. The fraction of sp³-hybridized carbons (Fsp3) is 0.537. The number of nitrogens with one attached hydrogen (secondary N) is 1. The number of halogens is 2. The van der Waals surface area contributed by atoms with Crippen LogP contribution in [-0.4, -0.2) is 116 Å². The molecule has 3 saturated heterocycles. The number of alkyl carbamates (subject to hydrolysis) is 1. The third-order valence-corrected chi connectivity index (χ3v) is 14.8. The van der Waals surface area contributed by atoms with E-state index in [0.29, 0.717) is 31.2 Å². The van der Waals surface area contributed by atoms with Crippen LogP contribution < -0.4 is 10.2 Å². The van der Waals surface area contributed by atoms with E-state index in [9.17, 15) is 18.0 Å². The number of carbonyl (C=O) groups is 2. The molecular weight excluding hydrogens is 741 g/mol. The normalized spacial score (nSPS) is 24.0. The first-order valence-electron chi connectivity index (χ1n) is 19.7. The minimum Gasteiger partial charge on any atom is -0.453 e. The highest BCUT2D eigenvalue weighted by Crippen LogP contribution is 2.52. The minimum absolute atomic E-state index is 0.0560. The molecule has 56 heavy (non-hydrogen) atoms. The molecule has 1 aromatic heterocycles. The van der Waals surface area contributed by atoms with Crippen LogP contribution in [0.25, 0.3) is 0 Å². The van der Waals surface area contributed by atoms with Gasteiger partial charge < -0.3 is 29.3 Å². The van der Waals surface area contributed by atoms with Crippen LogP contribution in [0.2, 0.25) is 0 Å². The molecule has 0 bridgehead atoms. The van der Waals surface area contributed by atoms with E-state index in [4.69, 9.17) is 4.74 Å². The van der Waals surface area contributed by atoms with Crippen LogP contribution in [-0.2, 0) is 31.5 Å². The Hall–Kier alpha value is -4.34. The van der Waals surface area contributed by atoms with E-state index in [1.807, 2.05) is 23.5 Å². The van der Waals surface area contributed by atoms with Gasteiger partial charge >= 0.3 is 6.09 Å². The number of methoxy groups -OCH3 is 1. The zero-order valence-electron chi connectivity index (χ0n) is 32.2. The summed E-state index contributed by atoms with van der Waals surface area (Å²) in [6.45, 7) is 10.4. The lowest BCUT2D eigenvalue weighted by Gasteiger charge is -2.51. The summed E-state index contributed by atoms with van der Waals surface area (Å²) >= 11 is 0. The molecule has 302 valence electrons. The van der Waals surface area contributed by atoms with Gasteiger partial charge in [0.15, 0.2) is 0 Å². The summed E-state index contributed by atoms with van der Waals surface area (Å²) in [5.41, 5.74) is 0.860. The van der Waals surface area contributed by atoms with E-state index in [-0.39, 0.29) is 54.1 Å². The molecule has 4 aliphatic rings. The van der Waals surface area contributed by atoms with Gasteiger partial charge in [0.1, 0.15) is 11.6 Å². The molecule has 0 spiro atoms. The fourth-order valence-corrected chi connectivity index (χ4v) is 11.7. The summed E-state index contributed by atoms with van der Waals surface area (Å²) in [4.78, 5) is 34.8. The van der Waals surface area contributed by atoms with Crippen molar-refractivity contribution in [3.63, 3.8) is 0 Å². The fourth-order valence-electron chi connectivity index (χ4n) is 10.1. The maximum absolute atomic E-state index is 15.6. The summed E-state index contributed by atoms with van der Waals surface area (Å²) < 4.78 is 66.1. The Morgan fingerprint density at radius 2 is 1.82 bits per heavy atom. The zero-order valence-corrected chi connectivity index (χ0v) is 33.0. The van der Waals surface area contributed by atoms with Crippen LogP contribution in [0.1, 0.15) is 44.6 Å². The first-order chi connectivity index (χ1) is 26.9. The summed E-state index contributed by atoms with van der Waals surface area (Å²) in [5, 5.41) is 3.12. The van der Waals surface area contributed by atoms with Gasteiger partial charge in [-0.3, -0.25) is 4.79 Å². The molecule has 1 N–H and O–H groups in total. The number of anilines is 1. The molecule has 7 rings (SSSR count). The molecule has 15 heteroatoms. The van der Waals surface area contributed by atoms with Crippen molar-refractivity contribution in [2.24, 2.45) is 17.8 Å². The van der Waals surface area contributed by atoms with Crippen molar-refractivity contribution in [2.75, 3.05) is 64.4 Å². The Bertz CT molecular complexity index is 1990. The van der Waals surface area contributed by atoms with E-state index in [1.54, 1.807) is 36.2 Å². The van der Waals surface area contributed by atoms with Gasteiger partial charge in [0.25, 0.3) is 0 Å². The smallest absolute Gasteiger partial charge is 0.407 e. The summed E-state index contributed by atoms with van der Waals surface area (Å²) in [5.74, 6) is -0.505. The highest BCUT2D eigenvalue weighted by atomic mass is 32.2. The molecule has 12 nitrogen and oxygen atoms in total. The van der Waals surface area contributed by atoms with Gasteiger partial charge in [-0.05, 0) is 99.5 Å². The number of sulfonamides is 1. The van der Waals surface area contributed by atoms with E-state index >= 15 is 8.78 Å². The number of hydrogen-bond donors (Lipinski definition) is 1. The number of benzene rings is 2. The van der Waals surface area contributed by atoms with Gasteiger partial charge in [-0.25, -0.2) is 27.0 Å². The minimum atomic E-state index is -3.96. The van der Waals surface area contributed by atoms with Crippen LogP contribution in [0, 0.1) is 29.4 Å². The molecule has 0 unspecified atom stereocenters. The molecule has 0 radical (unpaired) electrons. The Labute approximate surface area is 328 Å². The highest BCUT2D eigenvalue weighted by Gasteiger charge is 2.52. The third-order valence-electron chi connectivity index (χ3n) is 12.7. The molecule has 2 amide bonds. The van der Waals surface area contributed by atoms with E-state index in [2.05, 4.69) is 26.3 Å². The van der Waals surface area contributed by atoms with Crippen molar-refractivity contribution in [2.45, 2.75) is 68.0 Å². The van der Waals surface area contributed by atoms with Crippen LogP contribution >= 0.6 is 0 Å². The van der Waals surface area contributed by atoms with Crippen LogP contribution in [0.15, 0.2) is 78.7 Å². The van der Waals surface area contributed by atoms with Crippen LogP contribution in [0.3, 0.4) is 0 Å². The molecule has 4 fully saturated rings. The molecule has 3 aliphatic heterocycles. The van der Waals surface area contributed by atoms with E-state index in [0.717, 1.165) is 63.4 Å². The Morgan fingerprint density at radius 3 is 2.48 bits per heavy atom. The van der Waals surface area contributed by atoms with Gasteiger partial charge in [0.05, 0.1) is 24.0 Å².